The highest BCUT2D eigenvalue weighted by atomic mass is 16.2. The molecular weight excluding hydrogens is 240 g/mol. The van der Waals surface area contributed by atoms with Gasteiger partial charge in [-0.3, -0.25) is 4.79 Å². The van der Waals surface area contributed by atoms with Gasteiger partial charge < -0.3 is 15.2 Å². The minimum atomic E-state index is -0.259. The van der Waals surface area contributed by atoms with Crippen LogP contribution >= 0.6 is 0 Å². The van der Waals surface area contributed by atoms with Gasteiger partial charge in [0.25, 0.3) is 0 Å². The molecule has 1 atom stereocenters. The third kappa shape index (κ3) is 5.03. The molecule has 1 unspecified atom stereocenters. The van der Waals surface area contributed by atoms with Crippen LogP contribution in [-0.2, 0) is 11.3 Å². The predicted octanol–water partition coefficient (Wildman–Crippen LogP) is 1.86. The van der Waals surface area contributed by atoms with Gasteiger partial charge in [-0.25, -0.2) is 4.98 Å². The third-order valence-corrected chi connectivity index (χ3v) is 2.73. The van der Waals surface area contributed by atoms with Crippen LogP contribution in [-0.4, -0.2) is 27.0 Å². The molecule has 19 heavy (non-hydrogen) atoms. The molecule has 5 nitrogen and oxygen atoms in total. The number of nitrogens with one attached hydrogen (secondary N) is 2. The fourth-order valence-corrected chi connectivity index (χ4v) is 1.73. The third-order valence-electron chi connectivity index (χ3n) is 2.73. The highest BCUT2D eigenvalue weighted by Gasteiger charge is 2.21. The van der Waals surface area contributed by atoms with Crippen LogP contribution in [0, 0.1) is 0 Å². The van der Waals surface area contributed by atoms with Gasteiger partial charge in [-0.15, -0.1) is 0 Å². The molecule has 5 heteroatoms. The van der Waals surface area contributed by atoms with E-state index in [2.05, 4.69) is 29.5 Å². The summed E-state index contributed by atoms with van der Waals surface area (Å²) in [5.74, 6) is 0.0105. The van der Waals surface area contributed by atoms with Crippen LogP contribution in [0.5, 0.6) is 0 Å². The quantitative estimate of drug-likeness (QED) is 0.855. The average molecular weight is 266 g/mol. The molecule has 0 aliphatic carbocycles. The van der Waals surface area contributed by atoms with Gasteiger partial charge in [-0.2, -0.15) is 0 Å². The van der Waals surface area contributed by atoms with E-state index in [-0.39, 0.29) is 17.5 Å². The largest absolute Gasteiger partial charge is 0.350 e. The molecule has 108 valence electrons. The van der Waals surface area contributed by atoms with Crippen molar-refractivity contribution in [1.29, 1.82) is 0 Å². The summed E-state index contributed by atoms with van der Waals surface area (Å²) in [6.45, 7) is 12.7. The number of imidazole rings is 1. The predicted molar refractivity (Wildman–Crippen MR) is 76.8 cm³/mol. The first kappa shape index (κ1) is 15.7. The van der Waals surface area contributed by atoms with E-state index in [1.54, 1.807) is 12.5 Å². The molecule has 0 radical (unpaired) electrons. The fourth-order valence-electron chi connectivity index (χ4n) is 1.73. The van der Waals surface area contributed by atoms with Gasteiger partial charge in [0, 0.05) is 24.3 Å². The lowest BCUT2D eigenvalue weighted by molar-refractivity contribution is -0.125. The second-order valence-corrected chi connectivity index (χ2v) is 6.24. The van der Waals surface area contributed by atoms with Gasteiger partial charge >= 0.3 is 0 Å². The van der Waals surface area contributed by atoms with E-state index in [4.69, 9.17) is 0 Å². The molecule has 1 heterocycles. The summed E-state index contributed by atoms with van der Waals surface area (Å²) in [5, 5.41) is 6.33. The van der Waals surface area contributed by atoms with E-state index in [1.807, 2.05) is 32.3 Å². The number of aromatic nitrogens is 2. The zero-order valence-electron chi connectivity index (χ0n) is 12.8. The summed E-state index contributed by atoms with van der Waals surface area (Å²) < 4.78 is 1.91. The molecule has 0 saturated heterocycles. The van der Waals surface area contributed by atoms with E-state index in [0.29, 0.717) is 12.6 Å². The summed E-state index contributed by atoms with van der Waals surface area (Å²) >= 11 is 0. The molecule has 2 N–H and O–H groups in total. The number of nitrogens with zero attached hydrogens (tertiary/aromatic N) is 2. The van der Waals surface area contributed by atoms with Gasteiger partial charge in [-0.1, -0.05) is 13.8 Å². The maximum atomic E-state index is 12.2. The van der Waals surface area contributed by atoms with Crippen LogP contribution in [0.3, 0.4) is 0 Å². The number of hydrogen-bond acceptors (Lipinski definition) is 3. The van der Waals surface area contributed by atoms with Crippen molar-refractivity contribution in [2.45, 2.75) is 65.7 Å². The molecular formula is C14H26N4O. The van der Waals surface area contributed by atoms with Gasteiger partial charge in [0.2, 0.25) is 5.91 Å². The maximum absolute atomic E-state index is 12.2. The van der Waals surface area contributed by atoms with E-state index < -0.39 is 0 Å². The van der Waals surface area contributed by atoms with Crippen molar-refractivity contribution in [3.8, 4) is 0 Å². The normalized spacial score (nSPS) is 13.6. The number of amides is 1. The van der Waals surface area contributed by atoms with Crippen molar-refractivity contribution in [3.63, 3.8) is 0 Å². The second-order valence-electron chi connectivity index (χ2n) is 6.24. The first-order chi connectivity index (χ1) is 8.70. The van der Waals surface area contributed by atoms with Crippen LogP contribution in [0.2, 0.25) is 0 Å². The Labute approximate surface area is 115 Å². The number of carbonyl (C=O) groups is 1. The Balaban J connectivity index is 2.74. The summed E-state index contributed by atoms with van der Waals surface area (Å²) in [6, 6.07) is 0.146. The molecule has 0 aromatic carbocycles. The van der Waals surface area contributed by atoms with Gasteiger partial charge in [0.05, 0.1) is 12.0 Å². The molecule has 0 fully saturated rings. The molecule has 0 spiro atoms. The molecule has 0 aliphatic heterocycles. The van der Waals surface area contributed by atoms with Crippen molar-refractivity contribution < 1.29 is 4.79 Å². The van der Waals surface area contributed by atoms with Gasteiger partial charge in [0.1, 0.15) is 6.04 Å². The number of carbonyl (C=O) groups excluding carboxylic acids is 1. The Bertz CT molecular complexity index is 417. The second kappa shape index (κ2) is 6.19. The fraction of sp³-hybridized carbons (Fsp3) is 0.714. The Hall–Kier alpha value is -1.36. The minimum Gasteiger partial charge on any atom is -0.350 e. The zero-order valence-corrected chi connectivity index (χ0v) is 12.8. The molecule has 1 aromatic rings. The number of rotatable bonds is 5. The lowest BCUT2D eigenvalue weighted by Gasteiger charge is -2.24. The average Bonchev–Trinajstić information content (AvgIpc) is 2.70. The summed E-state index contributed by atoms with van der Waals surface area (Å²) in [5.41, 5.74) is 0.799. The van der Waals surface area contributed by atoms with Gasteiger partial charge in [0.15, 0.2) is 0 Å². The van der Waals surface area contributed by atoms with Crippen LogP contribution in [0.4, 0.5) is 0 Å². The lowest BCUT2D eigenvalue weighted by atomic mass is 10.1. The Morgan fingerprint density at radius 3 is 2.53 bits per heavy atom. The maximum Gasteiger partial charge on any atom is 0.243 e. The van der Waals surface area contributed by atoms with Crippen LogP contribution in [0.25, 0.3) is 0 Å². The van der Waals surface area contributed by atoms with E-state index in [9.17, 15) is 4.79 Å². The standard InChI is InChI=1S/C14H26N4O/c1-10(2)16-8-12-7-15-9-18(12)11(3)13(19)17-14(4,5)6/h7,9-11,16H,8H2,1-6H3,(H,17,19). The molecule has 0 aliphatic rings. The zero-order chi connectivity index (χ0) is 14.6. The monoisotopic (exact) mass is 266 g/mol. The first-order valence-corrected chi connectivity index (χ1v) is 6.77. The molecule has 0 bridgehead atoms. The van der Waals surface area contributed by atoms with Crippen molar-refractivity contribution in [2.75, 3.05) is 0 Å². The van der Waals surface area contributed by atoms with Crippen molar-refractivity contribution >= 4 is 5.91 Å². The van der Waals surface area contributed by atoms with E-state index >= 15 is 0 Å². The van der Waals surface area contributed by atoms with E-state index in [1.165, 1.54) is 0 Å². The smallest absolute Gasteiger partial charge is 0.243 e. The van der Waals surface area contributed by atoms with E-state index in [0.717, 1.165) is 5.69 Å². The van der Waals surface area contributed by atoms with Gasteiger partial charge in [-0.05, 0) is 27.7 Å². The SMILES string of the molecule is CC(C)NCc1cncn1C(C)C(=O)NC(C)(C)C. The number of hydrogen-bond donors (Lipinski definition) is 2. The lowest BCUT2D eigenvalue weighted by Crippen LogP contribution is -2.44. The Morgan fingerprint density at radius 1 is 1.37 bits per heavy atom. The summed E-state index contributed by atoms with van der Waals surface area (Å²) in [7, 11) is 0. The molecule has 0 saturated carbocycles. The van der Waals surface area contributed by atoms with Crippen LogP contribution in [0.15, 0.2) is 12.5 Å². The van der Waals surface area contributed by atoms with Crippen molar-refractivity contribution in [2.24, 2.45) is 0 Å². The highest BCUT2D eigenvalue weighted by Crippen LogP contribution is 2.12. The molecule has 1 rings (SSSR count). The highest BCUT2D eigenvalue weighted by molar-refractivity contribution is 5.80. The van der Waals surface area contributed by atoms with Crippen molar-refractivity contribution in [1.82, 2.24) is 20.2 Å². The molecule has 1 amide bonds. The molecule has 1 aromatic heterocycles. The minimum absolute atomic E-state index is 0.0105. The Morgan fingerprint density at radius 2 is 2.00 bits per heavy atom. The van der Waals surface area contributed by atoms with Crippen LogP contribution in [0.1, 0.15) is 53.3 Å². The van der Waals surface area contributed by atoms with Crippen LogP contribution < -0.4 is 10.6 Å². The van der Waals surface area contributed by atoms with Crippen molar-refractivity contribution in [3.05, 3.63) is 18.2 Å². The first-order valence-electron chi connectivity index (χ1n) is 6.77. The summed E-state index contributed by atoms with van der Waals surface area (Å²) in [4.78, 5) is 16.3. The Kier molecular flexibility index (Phi) is 5.11. The topological polar surface area (TPSA) is 59.0 Å². The summed E-state index contributed by atoms with van der Waals surface area (Å²) in [6.07, 6.45) is 3.51.